The molecule has 2 aromatic rings. The number of para-hydroxylation sites is 2. The molecule has 0 N–H and O–H groups in total. The number of carbonyl (C=O) groups excluding carboxylic acids is 2. The number of carbonyl (C=O) groups is 2. The lowest BCUT2D eigenvalue weighted by atomic mass is 10.2. The number of benzene rings is 2. The van der Waals surface area contributed by atoms with Crippen molar-refractivity contribution in [1.82, 2.24) is 9.80 Å². The first-order valence-corrected chi connectivity index (χ1v) is 9.07. The highest BCUT2D eigenvalue weighted by Crippen LogP contribution is 2.25. The normalized spacial score (nSPS) is 14.4. The quantitative estimate of drug-likeness (QED) is 0.813. The molecule has 0 radical (unpaired) electrons. The van der Waals surface area contributed by atoms with Crippen molar-refractivity contribution in [3.05, 3.63) is 60.2 Å². The maximum Gasteiger partial charge on any atom is 0.260 e. The molecule has 0 aromatic heterocycles. The molecule has 0 aliphatic carbocycles. The third kappa shape index (κ3) is 4.78. The fraction of sp³-hybridized carbons (Fsp3) is 0.333. The molecule has 1 aliphatic rings. The number of hydrogen-bond donors (Lipinski definition) is 0. The van der Waals surface area contributed by atoms with Crippen molar-refractivity contribution in [1.29, 1.82) is 0 Å². The fourth-order valence-electron chi connectivity index (χ4n) is 3.10. The highest BCUT2D eigenvalue weighted by Gasteiger charge is 2.23. The van der Waals surface area contributed by atoms with Crippen LogP contribution < -0.4 is 9.47 Å². The molecule has 142 valence electrons. The van der Waals surface area contributed by atoms with Gasteiger partial charge < -0.3 is 19.3 Å². The largest absolute Gasteiger partial charge is 0.493 e. The molecule has 1 saturated heterocycles. The number of ether oxygens (including phenoxy) is 2. The van der Waals surface area contributed by atoms with Crippen LogP contribution in [0.2, 0.25) is 0 Å². The molecular weight excluding hydrogens is 344 g/mol. The molecule has 0 atom stereocenters. The summed E-state index contributed by atoms with van der Waals surface area (Å²) in [4.78, 5) is 28.7. The first-order chi connectivity index (χ1) is 13.2. The molecule has 3 rings (SSSR count). The van der Waals surface area contributed by atoms with Crippen molar-refractivity contribution < 1.29 is 19.1 Å². The van der Waals surface area contributed by atoms with Gasteiger partial charge in [-0.15, -0.1) is 0 Å². The average molecular weight is 368 g/mol. The van der Waals surface area contributed by atoms with Crippen LogP contribution in [-0.4, -0.2) is 61.5 Å². The smallest absolute Gasteiger partial charge is 0.260 e. The topological polar surface area (TPSA) is 59.1 Å². The summed E-state index contributed by atoms with van der Waals surface area (Å²) in [6, 6.07) is 16.5. The summed E-state index contributed by atoms with van der Waals surface area (Å²) in [7, 11) is 1.57. The predicted molar refractivity (Wildman–Crippen MR) is 102 cm³/mol. The number of nitrogens with zero attached hydrogens (tertiary/aromatic N) is 2. The van der Waals surface area contributed by atoms with Crippen LogP contribution in [0.4, 0.5) is 0 Å². The lowest BCUT2D eigenvalue weighted by Gasteiger charge is -2.22. The summed E-state index contributed by atoms with van der Waals surface area (Å²) in [6.45, 7) is 2.24. The Morgan fingerprint density at radius 1 is 0.852 bits per heavy atom. The zero-order valence-electron chi connectivity index (χ0n) is 15.5. The molecule has 1 aliphatic heterocycles. The van der Waals surface area contributed by atoms with E-state index in [4.69, 9.17) is 9.47 Å². The summed E-state index contributed by atoms with van der Waals surface area (Å²) in [6.07, 6.45) is 0.749. The van der Waals surface area contributed by atoms with Gasteiger partial charge in [0.15, 0.2) is 18.1 Å². The van der Waals surface area contributed by atoms with Gasteiger partial charge in [-0.3, -0.25) is 9.59 Å². The molecule has 6 heteroatoms. The summed E-state index contributed by atoms with van der Waals surface area (Å²) < 4.78 is 10.9. The molecule has 1 heterocycles. The van der Waals surface area contributed by atoms with Gasteiger partial charge in [-0.05, 0) is 30.7 Å². The molecule has 27 heavy (non-hydrogen) atoms. The van der Waals surface area contributed by atoms with E-state index in [0.717, 1.165) is 6.42 Å². The van der Waals surface area contributed by atoms with Crippen LogP contribution in [0.15, 0.2) is 54.6 Å². The fourth-order valence-corrected chi connectivity index (χ4v) is 3.10. The molecule has 0 saturated carbocycles. The van der Waals surface area contributed by atoms with Crippen LogP contribution in [0.3, 0.4) is 0 Å². The van der Waals surface area contributed by atoms with Crippen LogP contribution in [0, 0.1) is 0 Å². The molecule has 2 aromatic carbocycles. The van der Waals surface area contributed by atoms with Crippen LogP contribution >= 0.6 is 0 Å². The zero-order chi connectivity index (χ0) is 19.1. The lowest BCUT2D eigenvalue weighted by molar-refractivity contribution is -0.133. The molecule has 6 nitrogen and oxygen atoms in total. The zero-order valence-corrected chi connectivity index (χ0v) is 15.5. The van der Waals surface area contributed by atoms with E-state index >= 15 is 0 Å². The van der Waals surface area contributed by atoms with Gasteiger partial charge in [0.25, 0.3) is 11.8 Å². The second-order valence-corrected chi connectivity index (χ2v) is 6.33. The van der Waals surface area contributed by atoms with Crippen molar-refractivity contribution in [2.75, 3.05) is 39.9 Å². The SMILES string of the molecule is COc1ccccc1OCC(=O)N1CCCN(C(=O)c2ccccc2)CC1. The van der Waals surface area contributed by atoms with Crippen molar-refractivity contribution in [3.63, 3.8) is 0 Å². The number of amides is 2. The maximum atomic E-state index is 12.6. The van der Waals surface area contributed by atoms with E-state index in [1.165, 1.54) is 0 Å². The van der Waals surface area contributed by atoms with Gasteiger partial charge in [0.1, 0.15) is 0 Å². The maximum absolute atomic E-state index is 12.6. The standard InChI is InChI=1S/C21H24N2O4/c1-26-18-10-5-6-11-19(18)27-16-20(24)22-12-7-13-23(15-14-22)21(25)17-8-3-2-4-9-17/h2-6,8-11H,7,12-16H2,1H3. The van der Waals surface area contributed by atoms with Crippen molar-refractivity contribution in [2.45, 2.75) is 6.42 Å². The van der Waals surface area contributed by atoms with Crippen LogP contribution in [0.5, 0.6) is 11.5 Å². The van der Waals surface area contributed by atoms with E-state index in [-0.39, 0.29) is 18.4 Å². The van der Waals surface area contributed by atoms with Crippen LogP contribution in [0.25, 0.3) is 0 Å². The van der Waals surface area contributed by atoms with E-state index in [1.54, 1.807) is 24.1 Å². The minimum atomic E-state index is -0.0880. The highest BCUT2D eigenvalue weighted by molar-refractivity contribution is 5.94. The molecular formula is C21H24N2O4. The second-order valence-electron chi connectivity index (χ2n) is 6.33. The van der Waals surface area contributed by atoms with Crippen molar-refractivity contribution in [2.24, 2.45) is 0 Å². The van der Waals surface area contributed by atoms with Gasteiger partial charge >= 0.3 is 0 Å². The van der Waals surface area contributed by atoms with Crippen molar-refractivity contribution >= 4 is 11.8 Å². The van der Waals surface area contributed by atoms with Crippen molar-refractivity contribution in [3.8, 4) is 11.5 Å². The highest BCUT2D eigenvalue weighted by atomic mass is 16.5. The first-order valence-electron chi connectivity index (χ1n) is 9.07. The Kier molecular flexibility index (Phi) is 6.30. The average Bonchev–Trinajstić information content (AvgIpc) is 2.98. The Balaban J connectivity index is 1.54. The predicted octanol–water partition coefficient (Wildman–Crippen LogP) is 2.45. The van der Waals surface area contributed by atoms with Crippen LogP contribution in [-0.2, 0) is 4.79 Å². The van der Waals surface area contributed by atoms with E-state index in [9.17, 15) is 9.59 Å². The third-order valence-electron chi connectivity index (χ3n) is 4.58. The van der Waals surface area contributed by atoms with Gasteiger partial charge in [0, 0.05) is 31.7 Å². The van der Waals surface area contributed by atoms with Gasteiger partial charge in [0.05, 0.1) is 7.11 Å². The summed E-state index contributed by atoms with van der Waals surface area (Å²) in [5.74, 6) is 1.06. The molecule has 2 amide bonds. The molecule has 0 bridgehead atoms. The van der Waals surface area contributed by atoms with E-state index in [0.29, 0.717) is 43.2 Å². The Bertz CT molecular complexity index is 779. The minimum absolute atomic E-state index is 0.00942. The number of rotatable bonds is 5. The minimum Gasteiger partial charge on any atom is -0.493 e. The van der Waals surface area contributed by atoms with E-state index in [1.807, 2.05) is 47.4 Å². The van der Waals surface area contributed by atoms with E-state index < -0.39 is 0 Å². The van der Waals surface area contributed by atoms with Gasteiger partial charge in [-0.1, -0.05) is 30.3 Å². The molecule has 0 unspecified atom stereocenters. The Morgan fingerprint density at radius 3 is 2.22 bits per heavy atom. The Morgan fingerprint density at radius 2 is 1.48 bits per heavy atom. The van der Waals surface area contributed by atoms with Gasteiger partial charge in [-0.2, -0.15) is 0 Å². The van der Waals surface area contributed by atoms with Gasteiger partial charge in [-0.25, -0.2) is 0 Å². The monoisotopic (exact) mass is 368 g/mol. The first kappa shape index (κ1) is 18.8. The molecule has 1 fully saturated rings. The van der Waals surface area contributed by atoms with Crippen LogP contribution in [0.1, 0.15) is 16.8 Å². The Labute approximate surface area is 159 Å². The Hall–Kier alpha value is -3.02. The number of methoxy groups -OCH3 is 1. The summed E-state index contributed by atoms with van der Waals surface area (Å²) >= 11 is 0. The van der Waals surface area contributed by atoms with E-state index in [2.05, 4.69) is 0 Å². The molecule has 0 spiro atoms. The third-order valence-corrected chi connectivity index (χ3v) is 4.58. The lowest BCUT2D eigenvalue weighted by Crippen LogP contribution is -2.39. The second kappa shape index (κ2) is 9.07. The summed E-state index contributed by atoms with van der Waals surface area (Å²) in [5, 5.41) is 0. The number of hydrogen-bond acceptors (Lipinski definition) is 4. The van der Waals surface area contributed by atoms with Gasteiger partial charge in [0.2, 0.25) is 0 Å². The summed E-state index contributed by atoms with van der Waals surface area (Å²) in [5.41, 5.74) is 0.678.